The lowest BCUT2D eigenvalue weighted by molar-refractivity contribution is -0.137. The van der Waals surface area contributed by atoms with Crippen LogP contribution < -0.4 is 15.4 Å². The zero-order valence-electron chi connectivity index (χ0n) is 15.4. The number of nitrogens with one attached hydrogen (secondary N) is 2. The number of hydrogen-bond acceptors (Lipinski definition) is 4. The molecule has 2 fully saturated rings. The molecule has 2 aliphatic rings. The first-order chi connectivity index (χ1) is 12.3. The molecular weight excluding hydrogens is 334 g/mol. The van der Waals surface area contributed by atoms with Gasteiger partial charge < -0.3 is 15.4 Å². The minimum absolute atomic E-state index is 0.187. The fourth-order valence-electron chi connectivity index (χ4n) is 3.08. The van der Waals surface area contributed by atoms with E-state index in [0.29, 0.717) is 12.8 Å². The first-order valence-corrected chi connectivity index (χ1v) is 8.93. The van der Waals surface area contributed by atoms with Crippen LogP contribution in [-0.4, -0.2) is 47.5 Å². The maximum absolute atomic E-state index is 12.8. The molecule has 1 aliphatic carbocycles. The first-order valence-electron chi connectivity index (χ1n) is 8.93. The Morgan fingerprint density at radius 1 is 1.35 bits per heavy atom. The summed E-state index contributed by atoms with van der Waals surface area (Å²) in [6.45, 7) is 3.30. The molecule has 2 atom stereocenters. The molecule has 2 N–H and O–H groups in total. The second-order valence-electron chi connectivity index (χ2n) is 7.24. The quantitative estimate of drug-likeness (QED) is 0.724. The number of imide groups is 1. The third-order valence-corrected chi connectivity index (χ3v) is 5.06. The maximum atomic E-state index is 12.8. The van der Waals surface area contributed by atoms with Crippen molar-refractivity contribution in [1.82, 2.24) is 15.5 Å². The van der Waals surface area contributed by atoms with Gasteiger partial charge >= 0.3 is 6.03 Å². The van der Waals surface area contributed by atoms with Crippen molar-refractivity contribution in [3.63, 3.8) is 0 Å². The summed E-state index contributed by atoms with van der Waals surface area (Å²) in [4.78, 5) is 38.5. The molecule has 1 aromatic carbocycles. The number of nitrogens with zero attached hydrogens (tertiary/aromatic N) is 1. The highest BCUT2D eigenvalue weighted by atomic mass is 16.5. The van der Waals surface area contributed by atoms with Crippen LogP contribution in [0.5, 0.6) is 5.75 Å². The van der Waals surface area contributed by atoms with Crippen LogP contribution in [0.1, 0.15) is 38.7 Å². The fraction of sp³-hybridized carbons (Fsp3) is 0.526. The van der Waals surface area contributed by atoms with E-state index in [9.17, 15) is 14.4 Å². The van der Waals surface area contributed by atoms with Crippen molar-refractivity contribution in [2.75, 3.05) is 7.11 Å². The minimum Gasteiger partial charge on any atom is -0.497 e. The lowest BCUT2D eigenvalue weighted by Crippen LogP contribution is -2.50. The predicted octanol–water partition coefficient (Wildman–Crippen LogP) is 1.61. The smallest absolute Gasteiger partial charge is 0.325 e. The van der Waals surface area contributed by atoms with Crippen LogP contribution >= 0.6 is 0 Å². The van der Waals surface area contributed by atoms with Crippen LogP contribution in [0.4, 0.5) is 4.79 Å². The Hall–Kier alpha value is -2.57. The normalized spacial score (nSPS) is 23.6. The van der Waals surface area contributed by atoms with E-state index in [4.69, 9.17) is 4.74 Å². The van der Waals surface area contributed by atoms with E-state index < -0.39 is 17.6 Å². The van der Waals surface area contributed by atoms with E-state index >= 15 is 0 Å². The Balaban J connectivity index is 1.64. The van der Waals surface area contributed by atoms with Crippen LogP contribution in [0.3, 0.4) is 0 Å². The van der Waals surface area contributed by atoms with Gasteiger partial charge in [-0.05, 0) is 57.2 Å². The van der Waals surface area contributed by atoms with Gasteiger partial charge in [0.25, 0.3) is 5.91 Å². The van der Waals surface area contributed by atoms with Crippen molar-refractivity contribution in [2.45, 2.75) is 57.2 Å². The second kappa shape index (κ2) is 6.97. The molecule has 1 saturated carbocycles. The predicted molar refractivity (Wildman–Crippen MR) is 95.7 cm³/mol. The highest BCUT2D eigenvalue weighted by Crippen LogP contribution is 2.26. The molecule has 26 heavy (non-hydrogen) atoms. The topological polar surface area (TPSA) is 87.7 Å². The molecule has 7 nitrogen and oxygen atoms in total. The summed E-state index contributed by atoms with van der Waals surface area (Å²) in [5.41, 5.74) is 0.0394. The fourth-order valence-corrected chi connectivity index (χ4v) is 3.08. The molecule has 3 rings (SSSR count). The molecule has 4 amide bonds. The van der Waals surface area contributed by atoms with Crippen molar-refractivity contribution in [1.29, 1.82) is 0 Å². The average Bonchev–Trinajstić information content (AvgIpc) is 3.40. The van der Waals surface area contributed by atoms with Crippen molar-refractivity contribution in [3.8, 4) is 5.75 Å². The van der Waals surface area contributed by atoms with E-state index in [2.05, 4.69) is 10.6 Å². The average molecular weight is 359 g/mol. The molecule has 0 unspecified atom stereocenters. The lowest BCUT2D eigenvalue weighted by atomic mass is 9.93. The van der Waals surface area contributed by atoms with Crippen LogP contribution in [-0.2, 0) is 16.0 Å². The number of rotatable bonds is 7. The number of urea groups is 1. The summed E-state index contributed by atoms with van der Waals surface area (Å²) in [7, 11) is 1.61. The Kier molecular flexibility index (Phi) is 4.89. The van der Waals surface area contributed by atoms with Gasteiger partial charge in [-0.15, -0.1) is 0 Å². The van der Waals surface area contributed by atoms with Crippen LogP contribution in [0.25, 0.3) is 0 Å². The number of benzene rings is 1. The van der Waals surface area contributed by atoms with Gasteiger partial charge in [-0.2, -0.15) is 0 Å². The van der Waals surface area contributed by atoms with E-state index in [0.717, 1.165) is 29.1 Å². The number of hydrogen-bond donors (Lipinski definition) is 2. The zero-order valence-corrected chi connectivity index (χ0v) is 15.4. The molecule has 7 heteroatoms. The van der Waals surface area contributed by atoms with Crippen LogP contribution in [0.15, 0.2) is 24.3 Å². The summed E-state index contributed by atoms with van der Waals surface area (Å²) >= 11 is 0. The summed E-state index contributed by atoms with van der Waals surface area (Å²) in [5.74, 6) is 0.136. The van der Waals surface area contributed by atoms with Gasteiger partial charge in [-0.1, -0.05) is 12.1 Å². The summed E-state index contributed by atoms with van der Waals surface area (Å²) in [5, 5.41) is 5.60. The van der Waals surface area contributed by atoms with Crippen molar-refractivity contribution < 1.29 is 19.1 Å². The Labute approximate surface area is 153 Å². The largest absolute Gasteiger partial charge is 0.497 e. The Morgan fingerprint density at radius 2 is 2.00 bits per heavy atom. The summed E-state index contributed by atoms with van der Waals surface area (Å²) in [6, 6.07) is 6.47. The lowest BCUT2D eigenvalue weighted by Gasteiger charge is -2.24. The van der Waals surface area contributed by atoms with E-state index in [1.165, 1.54) is 0 Å². The Bertz CT molecular complexity index is 714. The number of ether oxygens (including phenoxy) is 1. The molecule has 1 saturated heterocycles. The standard InChI is InChI=1S/C19H25N3O4/c1-12(16(23)20-14-6-7-14)22-17(24)19(2,21-18(22)25)11-10-13-4-8-15(26-3)9-5-13/h4-5,8-9,12,14H,6-7,10-11H2,1-3H3,(H,20,23)(H,21,25)/t12-,19-/m1/s1. The number of carbonyl (C=O) groups is 3. The number of carbonyl (C=O) groups excluding carboxylic acids is 3. The van der Waals surface area contributed by atoms with E-state index in [-0.39, 0.29) is 17.9 Å². The van der Waals surface area contributed by atoms with Crippen molar-refractivity contribution in [3.05, 3.63) is 29.8 Å². The first kappa shape index (κ1) is 18.2. The van der Waals surface area contributed by atoms with Gasteiger partial charge in [0.15, 0.2) is 0 Å². The molecule has 0 spiro atoms. The van der Waals surface area contributed by atoms with E-state index in [1.807, 2.05) is 24.3 Å². The van der Waals surface area contributed by atoms with Crippen LogP contribution in [0.2, 0.25) is 0 Å². The molecule has 0 bridgehead atoms. The second-order valence-corrected chi connectivity index (χ2v) is 7.24. The number of aryl methyl sites for hydroxylation is 1. The minimum atomic E-state index is -1.01. The van der Waals surface area contributed by atoms with Gasteiger partial charge in [0.2, 0.25) is 5.91 Å². The summed E-state index contributed by atoms with van der Waals surface area (Å²) in [6.07, 6.45) is 3.00. The van der Waals surface area contributed by atoms with Crippen LogP contribution in [0, 0.1) is 0 Å². The van der Waals surface area contributed by atoms with Gasteiger partial charge in [0.1, 0.15) is 17.3 Å². The molecule has 0 aromatic heterocycles. The van der Waals surface area contributed by atoms with Gasteiger partial charge in [0.05, 0.1) is 7.11 Å². The number of amides is 4. The monoisotopic (exact) mass is 359 g/mol. The maximum Gasteiger partial charge on any atom is 0.325 e. The molecule has 1 heterocycles. The van der Waals surface area contributed by atoms with Crippen molar-refractivity contribution in [2.24, 2.45) is 0 Å². The van der Waals surface area contributed by atoms with E-state index in [1.54, 1.807) is 21.0 Å². The van der Waals surface area contributed by atoms with Gasteiger partial charge in [0, 0.05) is 6.04 Å². The van der Waals surface area contributed by atoms with Gasteiger partial charge in [-0.25, -0.2) is 9.69 Å². The molecular formula is C19H25N3O4. The molecule has 0 radical (unpaired) electrons. The molecule has 1 aromatic rings. The van der Waals surface area contributed by atoms with Gasteiger partial charge in [-0.3, -0.25) is 9.59 Å². The molecule has 140 valence electrons. The molecule has 1 aliphatic heterocycles. The third kappa shape index (κ3) is 3.66. The third-order valence-electron chi connectivity index (χ3n) is 5.06. The highest BCUT2D eigenvalue weighted by Gasteiger charge is 2.50. The van der Waals surface area contributed by atoms with Crippen molar-refractivity contribution >= 4 is 17.8 Å². The number of methoxy groups -OCH3 is 1. The zero-order chi connectivity index (χ0) is 18.9. The SMILES string of the molecule is COc1ccc(CC[C@@]2(C)NC(=O)N([C@H](C)C(=O)NC3CC3)C2=O)cc1. The Morgan fingerprint density at radius 3 is 2.58 bits per heavy atom. The summed E-state index contributed by atoms with van der Waals surface area (Å²) < 4.78 is 5.14. The highest BCUT2D eigenvalue weighted by molar-refractivity contribution is 6.09.